The first kappa shape index (κ1) is 62.0. The summed E-state index contributed by atoms with van der Waals surface area (Å²) in [5, 5.41) is 30.5. The number of carbonyl (C=O) groups is 2. The van der Waals surface area contributed by atoms with Crippen molar-refractivity contribution in [3.63, 3.8) is 0 Å². The van der Waals surface area contributed by atoms with Crippen molar-refractivity contribution in [2.75, 3.05) is 26.4 Å². The highest BCUT2D eigenvalue weighted by Gasteiger charge is 2.28. The van der Waals surface area contributed by atoms with Crippen LogP contribution in [0.2, 0.25) is 0 Å². The molecule has 1 unspecified atom stereocenters. The molecule has 0 rings (SSSR count). The van der Waals surface area contributed by atoms with E-state index in [1.807, 2.05) is 12.2 Å². The van der Waals surface area contributed by atoms with E-state index in [0.29, 0.717) is 12.8 Å². The molecule has 65 heavy (non-hydrogen) atoms. The second-order valence-corrected chi connectivity index (χ2v) is 17.9. The number of phosphoric acid groups is 2. The monoisotopic (exact) mass is 958 g/mol. The highest BCUT2D eigenvalue weighted by molar-refractivity contribution is 7.47. The molecule has 0 fully saturated rings. The van der Waals surface area contributed by atoms with E-state index >= 15 is 0 Å². The van der Waals surface area contributed by atoms with E-state index < -0.39 is 78.4 Å². The van der Waals surface area contributed by atoms with Crippen LogP contribution in [0, 0.1) is 0 Å². The zero-order chi connectivity index (χ0) is 48.3. The summed E-state index contributed by atoms with van der Waals surface area (Å²) >= 11 is 0. The normalized spacial score (nSPS) is 15.8. The Labute approximate surface area is 388 Å². The van der Waals surface area contributed by atoms with Gasteiger partial charge in [-0.3, -0.25) is 23.2 Å². The fraction of sp³-hybridized carbons (Fsp3) is 0.625. The molecule has 5 atom stereocenters. The van der Waals surface area contributed by atoms with E-state index in [1.54, 1.807) is 6.08 Å². The molecule has 0 bridgehead atoms. The zero-order valence-electron chi connectivity index (χ0n) is 38.8. The fourth-order valence-electron chi connectivity index (χ4n) is 5.53. The largest absolute Gasteiger partial charge is 0.472 e. The van der Waals surface area contributed by atoms with Crippen LogP contribution in [-0.2, 0) is 41.8 Å². The Kier molecular flexibility index (Phi) is 40.3. The van der Waals surface area contributed by atoms with E-state index in [1.165, 1.54) is 19.3 Å². The maximum absolute atomic E-state index is 12.7. The molecule has 0 aromatic rings. The lowest BCUT2D eigenvalue weighted by Gasteiger charge is -2.20. The van der Waals surface area contributed by atoms with Crippen LogP contribution in [0.3, 0.4) is 0 Å². The molecule has 0 aliphatic rings. The van der Waals surface area contributed by atoms with Crippen LogP contribution in [0.5, 0.6) is 0 Å². The van der Waals surface area contributed by atoms with Crippen LogP contribution in [-0.4, -0.2) is 92.8 Å². The van der Waals surface area contributed by atoms with Crippen LogP contribution >= 0.6 is 15.6 Å². The van der Waals surface area contributed by atoms with Gasteiger partial charge in [0.05, 0.1) is 32.0 Å². The second-order valence-electron chi connectivity index (χ2n) is 15.2. The maximum Gasteiger partial charge on any atom is 0.472 e. The van der Waals surface area contributed by atoms with Gasteiger partial charge in [-0.15, -0.1) is 0 Å². The molecular weight excluding hydrogens is 878 g/mol. The number of aliphatic hydroxyl groups is 3. The van der Waals surface area contributed by atoms with Crippen LogP contribution in [0.15, 0.2) is 97.2 Å². The van der Waals surface area contributed by atoms with Crippen LogP contribution in [0.25, 0.3) is 0 Å². The Balaban J connectivity index is 4.79. The molecule has 0 aromatic heterocycles. The van der Waals surface area contributed by atoms with Crippen LogP contribution < -0.4 is 0 Å². The lowest BCUT2D eigenvalue weighted by molar-refractivity contribution is -0.161. The van der Waals surface area contributed by atoms with Crippen LogP contribution in [0.1, 0.15) is 142 Å². The van der Waals surface area contributed by atoms with Gasteiger partial charge in [0, 0.05) is 12.8 Å². The highest BCUT2D eigenvalue weighted by Crippen LogP contribution is 2.43. The minimum Gasteiger partial charge on any atom is -0.462 e. The summed E-state index contributed by atoms with van der Waals surface area (Å²) < 4.78 is 47.6. The molecule has 6 N–H and O–H groups in total. The third kappa shape index (κ3) is 44.6. The van der Waals surface area contributed by atoms with Gasteiger partial charge in [-0.1, -0.05) is 130 Å². The van der Waals surface area contributed by atoms with E-state index in [2.05, 4.69) is 102 Å². The summed E-state index contributed by atoms with van der Waals surface area (Å²) in [5.74, 6) is -1.36. The minimum absolute atomic E-state index is 0.0270. The number of hydrogen-bond donors (Lipinski definition) is 6. The SMILES string of the molecule is CC/C=C\C/C=C\C/C=C\C/C=C\C[C@H](O)[C@@H](O)CCCC(=O)OC[C@H](COP(=O)(O)OC[C@@H](O)COP(=O)(O)O)OC(=O)CCCCC/C=C\C/C=C\C/C=C\C/C=C\CCCCC. The maximum atomic E-state index is 12.7. The standard InChI is InChI=1S/C48H80O15P2/c1-3-5-7-9-11-13-15-17-18-19-20-21-22-23-25-27-29-31-33-37-48(53)63-44(42-62-65(57,58)61-40-43(49)39-60-64(54,55)56)41-59-47(52)38-34-36-46(51)45(50)35-32-30-28-26-24-16-14-12-10-8-6-4-2/h6,8,11-14,17-18,20-21,23-26,30,32,43-46,49-51H,3-5,7,9-10,15-16,19,22,27-29,31,33-42H2,1-2H3,(H,57,58)(H2,54,55,56)/b8-6-,13-11-,14-12-,18-17-,21-20-,25-23-,26-24-,32-30-/t43-,44+,45-,46-/m0/s1. The number of ether oxygens (including phenoxy) is 2. The third-order valence-electron chi connectivity index (χ3n) is 9.15. The first-order valence-electron chi connectivity index (χ1n) is 23.1. The summed E-state index contributed by atoms with van der Waals surface area (Å²) in [7, 11) is -9.80. The first-order chi connectivity index (χ1) is 31.2. The van der Waals surface area contributed by atoms with Crippen molar-refractivity contribution in [2.45, 2.75) is 167 Å². The quantitative estimate of drug-likeness (QED) is 0.0144. The topological polar surface area (TPSA) is 236 Å². The van der Waals surface area contributed by atoms with E-state index in [-0.39, 0.29) is 32.1 Å². The number of allylic oxidation sites excluding steroid dienone is 15. The number of aliphatic hydroxyl groups excluding tert-OH is 3. The lowest BCUT2D eigenvalue weighted by Crippen LogP contribution is -2.30. The molecule has 0 aromatic carbocycles. The molecule has 15 nitrogen and oxygen atoms in total. The Morgan fingerprint density at radius 3 is 1.52 bits per heavy atom. The molecule has 0 aliphatic heterocycles. The molecular formula is C48H80O15P2. The van der Waals surface area contributed by atoms with E-state index in [4.69, 9.17) is 23.8 Å². The summed E-state index contributed by atoms with van der Waals surface area (Å²) in [4.78, 5) is 52.8. The number of rotatable bonds is 42. The van der Waals surface area contributed by atoms with Crippen LogP contribution in [0.4, 0.5) is 0 Å². The second kappa shape index (κ2) is 42.3. The molecule has 0 radical (unpaired) electrons. The highest BCUT2D eigenvalue weighted by atomic mass is 31.2. The van der Waals surface area contributed by atoms with Crippen molar-refractivity contribution in [3.05, 3.63) is 97.2 Å². The Morgan fingerprint density at radius 2 is 0.985 bits per heavy atom. The average Bonchev–Trinajstić information content (AvgIpc) is 3.26. The van der Waals surface area contributed by atoms with Gasteiger partial charge in [-0.25, -0.2) is 9.13 Å². The van der Waals surface area contributed by atoms with E-state index in [9.17, 15) is 38.9 Å². The molecule has 0 spiro atoms. The first-order valence-corrected chi connectivity index (χ1v) is 26.1. The molecule has 0 aliphatic carbocycles. The van der Waals surface area contributed by atoms with Gasteiger partial charge in [0.15, 0.2) is 6.10 Å². The average molecular weight is 959 g/mol. The fourth-order valence-corrected chi connectivity index (χ4v) is 6.69. The summed E-state index contributed by atoms with van der Waals surface area (Å²) in [5.41, 5.74) is 0. The number of esters is 2. The Morgan fingerprint density at radius 1 is 0.508 bits per heavy atom. The van der Waals surface area contributed by atoms with Gasteiger partial charge in [-0.2, -0.15) is 0 Å². The third-order valence-corrected chi connectivity index (χ3v) is 10.6. The predicted molar refractivity (Wildman–Crippen MR) is 255 cm³/mol. The minimum atomic E-state index is -4.90. The van der Waals surface area contributed by atoms with Crippen molar-refractivity contribution >= 4 is 27.6 Å². The van der Waals surface area contributed by atoms with Gasteiger partial charge < -0.3 is 39.5 Å². The molecule has 17 heteroatoms. The van der Waals surface area contributed by atoms with E-state index in [0.717, 1.165) is 64.2 Å². The van der Waals surface area contributed by atoms with Crippen molar-refractivity contribution < 1.29 is 71.8 Å². The van der Waals surface area contributed by atoms with Gasteiger partial charge in [0.1, 0.15) is 12.7 Å². The van der Waals surface area contributed by atoms with Crippen molar-refractivity contribution in [1.29, 1.82) is 0 Å². The molecule has 0 amide bonds. The van der Waals surface area contributed by atoms with Gasteiger partial charge in [-0.05, 0) is 96.3 Å². The number of unbranched alkanes of at least 4 members (excludes halogenated alkanes) is 6. The van der Waals surface area contributed by atoms with Gasteiger partial charge >= 0.3 is 27.6 Å². The number of hydrogen-bond acceptors (Lipinski definition) is 12. The number of carbonyl (C=O) groups excluding carboxylic acids is 2. The number of phosphoric ester groups is 2. The summed E-state index contributed by atoms with van der Waals surface area (Å²) in [6.07, 6.45) is 42.8. The summed E-state index contributed by atoms with van der Waals surface area (Å²) in [6, 6.07) is 0. The summed E-state index contributed by atoms with van der Waals surface area (Å²) in [6.45, 7) is 1.24. The Bertz CT molecular complexity index is 1550. The van der Waals surface area contributed by atoms with Crippen molar-refractivity contribution in [2.24, 2.45) is 0 Å². The lowest BCUT2D eigenvalue weighted by atomic mass is 10.0. The zero-order valence-corrected chi connectivity index (χ0v) is 40.6. The van der Waals surface area contributed by atoms with Crippen molar-refractivity contribution in [1.82, 2.24) is 0 Å². The predicted octanol–water partition coefficient (Wildman–Crippen LogP) is 10.1. The smallest absolute Gasteiger partial charge is 0.462 e. The molecule has 0 saturated carbocycles. The van der Waals surface area contributed by atoms with Crippen molar-refractivity contribution in [3.8, 4) is 0 Å². The Hall–Kier alpha value is -3.04. The van der Waals surface area contributed by atoms with Gasteiger partial charge in [0.2, 0.25) is 0 Å². The molecule has 372 valence electrons. The molecule has 0 saturated heterocycles. The van der Waals surface area contributed by atoms with Gasteiger partial charge in [0.25, 0.3) is 0 Å². The molecule has 0 heterocycles.